The Kier molecular flexibility index (Phi) is 5.75. The molecule has 4 rings (SSSR count). The third-order valence-corrected chi connectivity index (χ3v) is 7.35. The molecule has 0 radical (unpaired) electrons. The summed E-state index contributed by atoms with van der Waals surface area (Å²) in [4.78, 5) is 22.3. The summed E-state index contributed by atoms with van der Waals surface area (Å²) < 4.78 is 7.07. The molecule has 1 atom stereocenters. The number of hydrogen-bond acceptors (Lipinski definition) is 5. The number of ether oxygens (including phenoxy) is 1. The van der Waals surface area contributed by atoms with Crippen molar-refractivity contribution in [2.24, 2.45) is 0 Å². The first kappa shape index (κ1) is 19.5. The highest BCUT2D eigenvalue weighted by atomic mass is 32.2. The predicted molar refractivity (Wildman–Crippen MR) is 117 cm³/mol. The molecule has 2 aromatic heterocycles. The van der Waals surface area contributed by atoms with E-state index in [9.17, 15) is 4.79 Å². The minimum absolute atomic E-state index is 0.0613. The van der Waals surface area contributed by atoms with Crippen molar-refractivity contribution in [3.63, 3.8) is 0 Å². The molecule has 1 unspecified atom stereocenters. The van der Waals surface area contributed by atoms with E-state index in [-0.39, 0.29) is 5.56 Å². The zero-order valence-electron chi connectivity index (χ0n) is 16.6. The molecule has 1 aliphatic heterocycles. The number of rotatable bonds is 6. The van der Waals surface area contributed by atoms with Crippen LogP contribution in [0.3, 0.4) is 0 Å². The largest absolute Gasteiger partial charge is 0.497 e. The SMILES string of the molecule is CCCCSc1nc2sc3c(c2c(=O)n1-c1ccc(OC)cc1)CC[NH+](C)C3. The summed E-state index contributed by atoms with van der Waals surface area (Å²) in [6, 6.07) is 7.67. The van der Waals surface area contributed by atoms with Crippen LogP contribution < -0.4 is 15.2 Å². The molecule has 0 bridgehead atoms. The van der Waals surface area contributed by atoms with Gasteiger partial charge in [-0.1, -0.05) is 25.1 Å². The summed E-state index contributed by atoms with van der Waals surface area (Å²) in [5, 5.41) is 1.61. The van der Waals surface area contributed by atoms with Crippen LogP contribution in [-0.2, 0) is 13.0 Å². The second kappa shape index (κ2) is 8.27. The van der Waals surface area contributed by atoms with Gasteiger partial charge < -0.3 is 9.64 Å². The summed E-state index contributed by atoms with van der Waals surface area (Å²) in [6.07, 6.45) is 3.18. The number of quaternary nitrogens is 1. The first-order valence-corrected chi connectivity index (χ1v) is 11.6. The third-order valence-electron chi connectivity index (χ3n) is 5.20. The van der Waals surface area contributed by atoms with Gasteiger partial charge in [0.25, 0.3) is 5.56 Å². The maximum atomic E-state index is 13.6. The molecule has 5 nitrogen and oxygen atoms in total. The second-order valence-electron chi connectivity index (χ2n) is 7.25. The van der Waals surface area contributed by atoms with E-state index in [0.717, 1.165) is 64.9 Å². The van der Waals surface area contributed by atoms with E-state index < -0.39 is 0 Å². The van der Waals surface area contributed by atoms with E-state index in [4.69, 9.17) is 9.72 Å². The van der Waals surface area contributed by atoms with E-state index in [1.54, 1.807) is 34.8 Å². The number of hydrogen-bond donors (Lipinski definition) is 1. The molecular formula is C21H26N3O2S2+. The van der Waals surface area contributed by atoms with E-state index >= 15 is 0 Å². The number of nitrogens with zero attached hydrogens (tertiary/aromatic N) is 2. The van der Waals surface area contributed by atoms with E-state index in [1.807, 2.05) is 24.3 Å². The Morgan fingerprint density at radius 3 is 2.82 bits per heavy atom. The van der Waals surface area contributed by atoms with Crippen molar-refractivity contribution >= 4 is 33.3 Å². The van der Waals surface area contributed by atoms with Crippen LogP contribution in [-0.4, -0.2) is 36.0 Å². The first-order chi connectivity index (χ1) is 13.6. The van der Waals surface area contributed by atoms with Gasteiger partial charge in [-0.3, -0.25) is 9.36 Å². The number of unbranched alkanes of at least 4 members (excludes halogenated alkanes) is 1. The molecule has 0 spiro atoms. The lowest BCUT2D eigenvalue weighted by Gasteiger charge is -2.19. The van der Waals surface area contributed by atoms with Gasteiger partial charge in [-0.05, 0) is 36.2 Å². The summed E-state index contributed by atoms with van der Waals surface area (Å²) in [7, 11) is 3.86. The van der Waals surface area contributed by atoms with Crippen molar-refractivity contribution in [1.29, 1.82) is 0 Å². The van der Waals surface area contributed by atoms with E-state index in [0.29, 0.717) is 0 Å². The molecule has 1 aromatic carbocycles. The van der Waals surface area contributed by atoms with Gasteiger partial charge in [0.15, 0.2) is 5.16 Å². The summed E-state index contributed by atoms with van der Waals surface area (Å²) in [5.74, 6) is 1.74. The van der Waals surface area contributed by atoms with Crippen LogP contribution in [0, 0.1) is 0 Å². The third kappa shape index (κ3) is 3.58. The van der Waals surface area contributed by atoms with E-state index in [2.05, 4.69) is 14.0 Å². The Morgan fingerprint density at radius 1 is 1.32 bits per heavy atom. The van der Waals surface area contributed by atoms with Crippen LogP contribution >= 0.6 is 23.1 Å². The minimum Gasteiger partial charge on any atom is -0.497 e. The van der Waals surface area contributed by atoms with Gasteiger partial charge in [0.1, 0.15) is 17.1 Å². The number of thioether (sulfide) groups is 1. The summed E-state index contributed by atoms with van der Waals surface area (Å²) >= 11 is 3.38. The van der Waals surface area contributed by atoms with Crippen molar-refractivity contribution in [2.45, 2.75) is 37.9 Å². The minimum atomic E-state index is 0.0613. The molecular weight excluding hydrogens is 390 g/mol. The Labute approximate surface area is 173 Å². The van der Waals surface area contributed by atoms with Crippen LogP contribution in [0.2, 0.25) is 0 Å². The Bertz CT molecular complexity index is 1040. The average molecular weight is 417 g/mol. The first-order valence-electron chi connectivity index (χ1n) is 9.78. The number of aromatic nitrogens is 2. The van der Waals surface area contributed by atoms with Crippen molar-refractivity contribution in [1.82, 2.24) is 9.55 Å². The van der Waals surface area contributed by atoms with Gasteiger partial charge >= 0.3 is 0 Å². The number of thiophene rings is 1. The zero-order valence-corrected chi connectivity index (χ0v) is 18.2. The molecule has 3 aromatic rings. The molecule has 0 amide bonds. The molecule has 0 fully saturated rings. The van der Waals surface area contributed by atoms with Gasteiger partial charge in [0.05, 0.1) is 36.7 Å². The summed E-state index contributed by atoms with van der Waals surface area (Å²) in [6.45, 7) is 4.23. The van der Waals surface area contributed by atoms with Crippen molar-refractivity contribution < 1.29 is 9.64 Å². The maximum absolute atomic E-state index is 13.6. The lowest BCUT2D eigenvalue weighted by Crippen LogP contribution is -3.08. The summed E-state index contributed by atoms with van der Waals surface area (Å²) in [5.41, 5.74) is 2.12. The fourth-order valence-corrected chi connectivity index (χ4v) is 6.07. The lowest BCUT2D eigenvalue weighted by atomic mass is 10.1. The smallest absolute Gasteiger partial charge is 0.267 e. The second-order valence-corrected chi connectivity index (χ2v) is 9.40. The van der Waals surface area contributed by atoms with Gasteiger partial charge in [-0.25, -0.2) is 4.98 Å². The Morgan fingerprint density at radius 2 is 2.11 bits per heavy atom. The topological polar surface area (TPSA) is 48.6 Å². The highest BCUT2D eigenvalue weighted by molar-refractivity contribution is 7.99. The predicted octanol–water partition coefficient (Wildman–Crippen LogP) is 2.92. The van der Waals surface area contributed by atoms with Crippen molar-refractivity contribution in [3.05, 3.63) is 45.1 Å². The van der Waals surface area contributed by atoms with Crippen LogP contribution in [0.5, 0.6) is 5.75 Å². The maximum Gasteiger partial charge on any atom is 0.267 e. The molecule has 7 heteroatoms. The zero-order chi connectivity index (χ0) is 19.7. The molecule has 3 heterocycles. The molecule has 28 heavy (non-hydrogen) atoms. The van der Waals surface area contributed by atoms with E-state index in [1.165, 1.54) is 15.3 Å². The fraction of sp³-hybridized carbons (Fsp3) is 0.429. The number of nitrogens with one attached hydrogen (secondary N) is 1. The lowest BCUT2D eigenvalue weighted by molar-refractivity contribution is -0.895. The van der Waals surface area contributed by atoms with Crippen LogP contribution in [0.25, 0.3) is 15.9 Å². The number of fused-ring (bicyclic) bond motifs is 3. The Balaban J connectivity index is 1.89. The highest BCUT2D eigenvalue weighted by Gasteiger charge is 2.26. The quantitative estimate of drug-likeness (QED) is 0.381. The monoisotopic (exact) mass is 416 g/mol. The van der Waals surface area contributed by atoms with Gasteiger partial charge in [-0.15, -0.1) is 11.3 Å². The van der Waals surface area contributed by atoms with Crippen molar-refractivity contribution in [2.75, 3.05) is 26.5 Å². The molecule has 0 saturated carbocycles. The van der Waals surface area contributed by atoms with Crippen LogP contribution in [0.1, 0.15) is 30.2 Å². The van der Waals surface area contributed by atoms with Gasteiger partial charge in [-0.2, -0.15) is 0 Å². The number of likely N-dealkylation sites (N-methyl/N-ethyl adjacent to an activating group) is 1. The van der Waals surface area contributed by atoms with Crippen LogP contribution in [0.4, 0.5) is 0 Å². The molecule has 0 saturated heterocycles. The number of benzene rings is 1. The average Bonchev–Trinajstić information content (AvgIpc) is 3.06. The van der Waals surface area contributed by atoms with Crippen molar-refractivity contribution in [3.8, 4) is 11.4 Å². The molecule has 1 N–H and O–H groups in total. The normalized spacial score (nSPS) is 16.3. The molecule has 1 aliphatic rings. The Hall–Kier alpha value is -1.83. The molecule has 0 aliphatic carbocycles. The standard InChI is InChI=1S/C21H25N3O2S2/c1-4-5-12-27-21-22-19-18(16-10-11-23(2)13-17(16)28-19)20(25)24(21)14-6-8-15(26-3)9-7-14/h6-9H,4-5,10-13H2,1-3H3/p+1. The fourth-order valence-electron chi connectivity index (χ4n) is 3.60. The van der Waals surface area contributed by atoms with Gasteiger partial charge in [0, 0.05) is 12.2 Å². The number of methoxy groups -OCH3 is 1. The van der Waals surface area contributed by atoms with Gasteiger partial charge in [0.2, 0.25) is 0 Å². The molecule has 148 valence electrons. The van der Waals surface area contributed by atoms with Crippen LogP contribution in [0.15, 0.2) is 34.2 Å². The highest BCUT2D eigenvalue weighted by Crippen LogP contribution is 2.32.